The van der Waals surface area contributed by atoms with Crippen LogP contribution in [0.15, 0.2) is 24.3 Å². The molecule has 0 saturated heterocycles. The number of amides is 2. The molecule has 1 aliphatic rings. The van der Waals surface area contributed by atoms with Gasteiger partial charge in [-0.15, -0.1) is 0 Å². The number of esters is 1. The van der Waals surface area contributed by atoms with Crippen molar-refractivity contribution in [1.82, 2.24) is 5.32 Å². The van der Waals surface area contributed by atoms with Gasteiger partial charge in [-0.3, -0.25) is 9.59 Å². The summed E-state index contributed by atoms with van der Waals surface area (Å²) in [6.45, 7) is 3.25. The van der Waals surface area contributed by atoms with E-state index in [0.29, 0.717) is 50.1 Å². The van der Waals surface area contributed by atoms with Crippen molar-refractivity contribution in [3.8, 4) is 0 Å². The van der Waals surface area contributed by atoms with Crippen LogP contribution in [0.2, 0.25) is 0 Å². The number of hydrogen-bond donors (Lipinski definition) is 2. The van der Waals surface area contributed by atoms with Crippen LogP contribution in [0.1, 0.15) is 49.4 Å². The summed E-state index contributed by atoms with van der Waals surface area (Å²) in [7, 11) is 1.64. The zero-order valence-electron chi connectivity index (χ0n) is 16.7. The first-order valence-corrected chi connectivity index (χ1v) is 9.90. The van der Waals surface area contributed by atoms with E-state index in [1.807, 2.05) is 0 Å². The van der Waals surface area contributed by atoms with E-state index in [0.717, 1.165) is 6.42 Å². The van der Waals surface area contributed by atoms with Gasteiger partial charge in [0.25, 0.3) is 0 Å². The second-order valence-electron chi connectivity index (χ2n) is 6.94. The van der Waals surface area contributed by atoms with Crippen molar-refractivity contribution in [1.29, 1.82) is 0 Å². The van der Waals surface area contributed by atoms with Gasteiger partial charge in [0.15, 0.2) is 0 Å². The van der Waals surface area contributed by atoms with E-state index in [1.165, 1.54) is 0 Å². The first-order valence-electron chi connectivity index (χ1n) is 9.90. The molecule has 2 amide bonds. The minimum absolute atomic E-state index is 0.0431. The highest BCUT2D eigenvalue weighted by atomic mass is 16.5. The Labute approximate surface area is 166 Å². The SMILES string of the molecule is CCOC(=O)c1ccccc1NC(=O)C1CCC(C(=O)NCCCOC)CC1. The summed E-state index contributed by atoms with van der Waals surface area (Å²) >= 11 is 0. The van der Waals surface area contributed by atoms with Gasteiger partial charge in [-0.25, -0.2) is 4.79 Å². The van der Waals surface area contributed by atoms with Crippen molar-refractivity contribution < 1.29 is 23.9 Å². The Morgan fingerprint density at radius 3 is 2.32 bits per heavy atom. The predicted octanol–water partition coefficient (Wildman–Crippen LogP) is 2.76. The van der Waals surface area contributed by atoms with Gasteiger partial charge in [-0.2, -0.15) is 0 Å². The summed E-state index contributed by atoms with van der Waals surface area (Å²) < 4.78 is 10.0. The molecule has 0 aliphatic heterocycles. The highest BCUT2D eigenvalue weighted by molar-refractivity contribution is 6.01. The second-order valence-corrected chi connectivity index (χ2v) is 6.94. The quantitative estimate of drug-likeness (QED) is 0.499. The molecule has 1 fully saturated rings. The summed E-state index contributed by atoms with van der Waals surface area (Å²) in [6.07, 6.45) is 3.48. The number of benzene rings is 1. The van der Waals surface area contributed by atoms with Crippen molar-refractivity contribution in [2.75, 3.05) is 32.2 Å². The van der Waals surface area contributed by atoms with Gasteiger partial charge in [-0.1, -0.05) is 12.1 Å². The van der Waals surface area contributed by atoms with E-state index >= 15 is 0 Å². The Morgan fingerprint density at radius 1 is 1.04 bits per heavy atom. The lowest BCUT2D eigenvalue weighted by molar-refractivity contribution is -0.128. The molecule has 0 unspecified atom stereocenters. The minimum atomic E-state index is -0.452. The van der Waals surface area contributed by atoms with Gasteiger partial charge in [0, 0.05) is 32.1 Å². The minimum Gasteiger partial charge on any atom is -0.462 e. The molecule has 7 heteroatoms. The first kappa shape index (κ1) is 21.9. The molecule has 2 rings (SSSR count). The fourth-order valence-electron chi connectivity index (χ4n) is 3.40. The standard InChI is InChI=1S/C21H30N2O5/c1-3-28-21(26)17-7-4-5-8-18(17)23-20(25)16-11-9-15(10-12-16)19(24)22-13-6-14-27-2/h4-5,7-8,15-16H,3,6,9-14H2,1-2H3,(H,22,24)(H,23,25). The Hall–Kier alpha value is -2.41. The Kier molecular flexibility index (Phi) is 8.94. The molecule has 0 bridgehead atoms. The first-order chi connectivity index (χ1) is 13.6. The number of para-hydroxylation sites is 1. The maximum atomic E-state index is 12.6. The van der Waals surface area contributed by atoms with Crippen molar-refractivity contribution in [3.05, 3.63) is 29.8 Å². The van der Waals surface area contributed by atoms with E-state index in [9.17, 15) is 14.4 Å². The molecule has 2 N–H and O–H groups in total. The number of carbonyl (C=O) groups is 3. The summed E-state index contributed by atoms with van der Waals surface area (Å²) in [6, 6.07) is 6.84. The molecule has 28 heavy (non-hydrogen) atoms. The molecule has 1 aromatic carbocycles. The van der Waals surface area contributed by atoms with E-state index < -0.39 is 5.97 Å². The Bertz CT molecular complexity index is 669. The average Bonchev–Trinajstić information content (AvgIpc) is 2.71. The molecule has 1 aromatic rings. The molecular formula is C21H30N2O5. The van der Waals surface area contributed by atoms with Crippen molar-refractivity contribution in [2.45, 2.75) is 39.0 Å². The lowest BCUT2D eigenvalue weighted by Gasteiger charge is -2.27. The van der Waals surface area contributed by atoms with Gasteiger partial charge < -0.3 is 20.1 Å². The monoisotopic (exact) mass is 390 g/mol. The summed E-state index contributed by atoms with van der Waals surface area (Å²) in [5.41, 5.74) is 0.811. The third-order valence-electron chi connectivity index (χ3n) is 4.97. The molecule has 1 aliphatic carbocycles. The number of carbonyl (C=O) groups excluding carboxylic acids is 3. The molecule has 1 saturated carbocycles. The number of rotatable bonds is 9. The fourth-order valence-corrected chi connectivity index (χ4v) is 3.40. The summed E-state index contributed by atoms with van der Waals surface area (Å²) in [5.74, 6) is -0.711. The highest BCUT2D eigenvalue weighted by Crippen LogP contribution is 2.30. The fraction of sp³-hybridized carbons (Fsp3) is 0.571. The predicted molar refractivity (Wildman–Crippen MR) is 106 cm³/mol. The number of ether oxygens (including phenoxy) is 2. The summed E-state index contributed by atoms with van der Waals surface area (Å²) in [5, 5.41) is 5.79. The molecule has 0 aromatic heterocycles. The van der Waals surface area contributed by atoms with Crippen LogP contribution in [0.3, 0.4) is 0 Å². The van der Waals surface area contributed by atoms with Crippen molar-refractivity contribution >= 4 is 23.5 Å². The van der Waals surface area contributed by atoms with Gasteiger partial charge in [0.2, 0.25) is 11.8 Å². The Morgan fingerprint density at radius 2 is 1.68 bits per heavy atom. The van der Waals surface area contributed by atoms with Gasteiger partial charge >= 0.3 is 5.97 Å². The number of methoxy groups -OCH3 is 1. The van der Waals surface area contributed by atoms with Gasteiger partial charge in [0.05, 0.1) is 17.9 Å². The Balaban J connectivity index is 1.84. The number of nitrogens with one attached hydrogen (secondary N) is 2. The van der Waals surface area contributed by atoms with E-state index in [4.69, 9.17) is 9.47 Å². The van der Waals surface area contributed by atoms with Crippen LogP contribution in [0.4, 0.5) is 5.69 Å². The van der Waals surface area contributed by atoms with E-state index in [1.54, 1.807) is 38.3 Å². The third kappa shape index (κ3) is 6.34. The highest BCUT2D eigenvalue weighted by Gasteiger charge is 2.30. The van der Waals surface area contributed by atoms with Crippen LogP contribution in [0, 0.1) is 11.8 Å². The van der Waals surface area contributed by atoms with Crippen LogP contribution in [0.5, 0.6) is 0 Å². The number of hydrogen-bond acceptors (Lipinski definition) is 5. The topological polar surface area (TPSA) is 93.7 Å². The normalized spacial score (nSPS) is 18.9. The lowest BCUT2D eigenvalue weighted by Crippen LogP contribution is -2.36. The van der Waals surface area contributed by atoms with Crippen LogP contribution in [-0.4, -0.2) is 44.7 Å². The maximum Gasteiger partial charge on any atom is 0.340 e. The van der Waals surface area contributed by atoms with E-state index in [2.05, 4.69) is 10.6 Å². The summed E-state index contributed by atoms with van der Waals surface area (Å²) in [4.78, 5) is 36.9. The zero-order valence-corrected chi connectivity index (χ0v) is 16.7. The molecule has 0 radical (unpaired) electrons. The molecule has 0 heterocycles. The molecule has 154 valence electrons. The van der Waals surface area contributed by atoms with Crippen LogP contribution in [-0.2, 0) is 19.1 Å². The average molecular weight is 390 g/mol. The van der Waals surface area contributed by atoms with E-state index in [-0.39, 0.29) is 30.3 Å². The van der Waals surface area contributed by atoms with Crippen molar-refractivity contribution in [3.63, 3.8) is 0 Å². The third-order valence-corrected chi connectivity index (χ3v) is 4.97. The second kappa shape index (κ2) is 11.4. The van der Waals surface area contributed by atoms with Crippen LogP contribution in [0.25, 0.3) is 0 Å². The molecule has 0 atom stereocenters. The maximum absolute atomic E-state index is 12.6. The number of anilines is 1. The largest absolute Gasteiger partial charge is 0.462 e. The zero-order chi connectivity index (χ0) is 20.4. The van der Waals surface area contributed by atoms with Crippen LogP contribution >= 0.6 is 0 Å². The van der Waals surface area contributed by atoms with Gasteiger partial charge in [0.1, 0.15) is 0 Å². The van der Waals surface area contributed by atoms with Gasteiger partial charge in [-0.05, 0) is 51.2 Å². The molecule has 7 nitrogen and oxygen atoms in total. The van der Waals surface area contributed by atoms with Crippen LogP contribution < -0.4 is 10.6 Å². The lowest BCUT2D eigenvalue weighted by atomic mass is 9.81. The molecular weight excluding hydrogens is 360 g/mol. The van der Waals surface area contributed by atoms with Crippen molar-refractivity contribution in [2.24, 2.45) is 11.8 Å². The molecule has 0 spiro atoms. The smallest absolute Gasteiger partial charge is 0.340 e.